The number of nitrogens with one attached hydrogen (secondary N) is 1. The highest BCUT2D eigenvalue weighted by Gasteiger charge is 2.17. The van der Waals surface area contributed by atoms with Gasteiger partial charge in [0.2, 0.25) is 5.91 Å². The Labute approximate surface area is 169 Å². The van der Waals surface area contributed by atoms with Crippen molar-refractivity contribution in [2.75, 3.05) is 18.0 Å². The molecule has 0 atom stereocenters. The van der Waals surface area contributed by atoms with Crippen LogP contribution < -0.4 is 10.2 Å². The maximum Gasteiger partial charge on any atom is 0.258 e. The summed E-state index contributed by atoms with van der Waals surface area (Å²) in [6, 6.07) is 19.0. The van der Waals surface area contributed by atoms with Crippen molar-refractivity contribution >= 4 is 17.5 Å². The lowest BCUT2D eigenvalue weighted by molar-refractivity contribution is -0.121. The lowest BCUT2D eigenvalue weighted by Gasteiger charge is -2.23. The van der Waals surface area contributed by atoms with Gasteiger partial charge in [-0.15, -0.1) is 0 Å². The summed E-state index contributed by atoms with van der Waals surface area (Å²) < 4.78 is 0. The van der Waals surface area contributed by atoms with Crippen molar-refractivity contribution in [2.24, 2.45) is 0 Å². The number of carbonyl (C=O) groups is 2. The Morgan fingerprint density at radius 3 is 2.14 bits per heavy atom. The Morgan fingerprint density at radius 2 is 1.46 bits per heavy atom. The molecule has 0 bridgehead atoms. The van der Waals surface area contributed by atoms with Gasteiger partial charge in [0.15, 0.2) is 0 Å². The van der Waals surface area contributed by atoms with Crippen molar-refractivity contribution < 1.29 is 9.59 Å². The van der Waals surface area contributed by atoms with E-state index in [1.54, 1.807) is 4.90 Å². The van der Waals surface area contributed by atoms with E-state index in [2.05, 4.69) is 12.2 Å². The van der Waals surface area contributed by atoms with E-state index >= 15 is 0 Å². The number of amides is 2. The summed E-state index contributed by atoms with van der Waals surface area (Å²) in [5.74, 6) is 0.0891. The van der Waals surface area contributed by atoms with Crippen molar-refractivity contribution in [3.8, 4) is 0 Å². The molecular formula is C24H32N2O2. The van der Waals surface area contributed by atoms with Crippen LogP contribution in [0.4, 0.5) is 5.69 Å². The minimum atomic E-state index is -0.0194. The Balaban J connectivity index is 1.82. The number of unbranched alkanes of at least 4 members (excludes halogenated alkanes) is 4. The molecule has 0 aliphatic rings. The van der Waals surface area contributed by atoms with Crippen LogP contribution >= 0.6 is 0 Å². The molecule has 1 N–H and O–H groups in total. The molecule has 0 aliphatic carbocycles. The van der Waals surface area contributed by atoms with Gasteiger partial charge in [-0.3, -0.25) is 9.59 Å². The van der Waals surface area contributed by atoms with Gasteiger partial charge in [-0.1, -0.05) is 69.0 Å². The lowest BCUT2D eigenvalue weighted by atomic mass is 10.1. The van der Waals surface area contributed by atoms with Gasteiger partial charge < -0.3 is 10.2 Å². The fraction of sp³-hybridized carbons (Fsp3) is 0.417. The third kappa shape index (κ3) is 7.55. The summed E-state index contributed by atoms with van der Waals surface area (Å²) >= 11 is 0. The average molecular weight is 381 g/mol. The number of hydrogen-bond acceptors (Lipinski definition) is 2. The fourth-order valence-corrected chi connectivity index (χ4v) is 3.13. The molecule has 2 aromatic carbocycles. The molecule has 2 rings (SSSR count). The van der Waals surface area contributed by atoms with E-state index in [1.807, 2.05) is 60.7 Å². The Hall–Kier alpha value is -2.62. The van der Waals surface area contributed by atoms with Crippen molar-refractivity contribution in [3.05, 3.63) is 66.2 Å². The van der Waals surface area contributed by atoms with E-state index in [9.17, 15) is 9.59 Å². The molecule has 0 saturated heterocycles. The monoisotopic (exact) mass is 380 g/mol. The van der Waals surface area contributed by atoms with Gasteiger partial charge in [0.05, 0.1) is 0 Å². The van der Waals surface area contributed by atoms with E-state index in [4.69, 9.17) is 0 Å². The highest BCUT2D eigenvalue weighted by atomic mass is 16.2. The predicted molar refractivity (Wildman–Crippen MR) is 116 cm³/mol. The topological polar surface area (TPSA) is 49.4 Å². The Morgan fingerprint density at radius 1 is 0.821 bits per heavy atom. The summed E-state index contributed by atoms with van der Waals surface area (Å²) in [6.07, 6.45) is 7.04. The lowest BCUT2D eigenvalue weighted by Crippen LogP contribution is -2.34. The summed E-state index contributed by atoms with van der Waals surface area (Å²) in [5.41, 5.74) is 1.54. The van der Waals surface area contributed by atoms with Crippen LogP contribution in [0.2, 0.25) is 0 Å². The molecule has 2 aromatic rings. The van der Waals surface area contributed by atoms with E-state index in [1.165, 1.54) is 19.3 Å². The maximum absolute atomic E-state index is 12.9. The van der Waals surface area contributed by atoms with E-state index in [0.29, 0.717) is 25.1 Å². The number of hydrogen-bond donors (Lipinski definition) is 1. The van der Waals surface area contributed by atoms with Gasteiger partial charge in [0.1, 0.15) is 0 Å². The molecule has 2 amide bonds. The normalized spacial score (nSPS) is 10.5. The van der Waals surface area contributed by atoms with Crippen LogP contribution in [0, 0.1) is 0 Å². The van der Waals surface area contributed by atoms with Gasteiger partial charge in [-0.05, 0) is 37.1 Å². The minimum absolute atomic E-state index is 0.0194. The summed E-state index contributed by atoms with van der Waals surface area (Å²) in [6.45, 7) is 3.34. The zero-order valence-electron chi connectivity index (χ0n) is 16.9. The van der Waals surface area contributed by atoms with Crippen LogP contribution in [-0.4, -0.2) is 24.9 Å². The summed E-state index contributed by atoms with van der Waals surface area (Å²) in [4.78, 5) is 26.7. The minimum Gasteiger partial charge on any atom is -0.356 e. The molecule has 28 heavy (non-hydrogen) atoms. The van der Waals surface area contributed by atoms with Crippen LogP contribution in [0.1, 0.15) is 62.2 Å². The number of para-hydroxylation sites is 1. The first-order valence-electron chi connectivity index (χ1n) is 10.4. The van der Waals surface area contributed by atoms with E-state index in [0.717, 1.165) is 24.9 Å². The van der Waals surface area contributed by atoms with Crippen molar-refractivity contribution in [1.82, 2.24) is 5.32 Å². The van der Waals surface area contributed by atoms with Crippen LogP contribution in [0.3, 0.4) is 0 Å². The van der Waals surface area contributed by atoms with Crippen molar-refractivity contribution in [2.45, 2.75) is 51.9 Å². The first-order chi connectivity index (χ1) is 13.7. The molecule has 150 valence electrons. The van der Waals surface area contributed by atoms with Gasteiger partial charge >= 0.3 is 0 Å². The standard InChI is InChI=1S/C24H32N2O2/c1-2-3-4-5-12-18-23(27)25-19-13-20-26(22-16-10-7-11-17-22)24(28)21-14-8-6-9-15-21/h6-11,14-17H,2-5,12-13,18-20H2,1H3,(H,25,27). The zero-order valence-corrected chi connectivity index (χ0v) is 16.9. The van der Waals surface area contributed by atoms with E-state index < -0.39 is 0 Å². The fourth-order valence-electron chi connectivity index (χ4n) is 3.13. The van der Waals surface area contributed by atoms with Crippen molar-refractivity contribution in [3.63, 3.8) is 0 Å². The first-order valence-corrected chi connectivity index (χ1v) is 10.4. The molecule has 0 fully saturated rings. The van der Waals surface area contributed by atoms with Crippen molar-refractivity contribution in [1.29, 1.82) is 0 Å². The highest BCUT2D eigenvalue weighted by Crippen LogP contribution is 2.17. The summed E-state index contributed by atoms with van der Waals surface area (Å²) in [7, 11) is 0. The molecule has 0 radical (unpaired) electrons. The second-order valence-electron chi connectivity index (χ2n) is 7.03. The van der Waals surface area contributed by atoms with Gasteiger partial charge in [-0.25, -0.2) is 0 Å². The molecule has 0 spiro atoms. The second-order valence-corrected chi connectivity index (χ2v) is 7.03. The Kier molecular flexibility index (Phi) is 9.84. The molecule has 0 aromatic heterocycles. The van der Waals surface area contributed by atoms with E-state index in [-0.39, 0.29) is 11.8 Å². The van der Waals surface area contributed by atoms with Crippen LogP contribution in [0.15, 0.2) is 60.7 Å². The summed E-state index contributed by atoms with van der Waals surface area (Å²) in [5, 5.41) is 2.98. The maximum atomic E-state index is 12.9. The quantitative estimate of drug-likeness (QED) is 0.515. The first kappa shape index (κ1) is 21.7. The molecule has 4 nitrogen and oxygen atoms in total. The highest BCUT2D eigenvalue weighted by molar-refractivity contribution is 6.06. The number of rotatable bonds is 12. The molecule has 4 heteroatoms. The average Bonchev–Trinajstić information content (AvgIpc) is 2.74. The number of carbonyl (C=O) groups excluding carboxylic acids is 2. The predicted octanol–water partition coefficient (Wildman–Crippen LogP) is 5.20. The third-order valence-electron chi connectivity index (χ3n) is 4.72. The Bertz CT molecular complexity index is 701. The van der Waals surface area contributed by atoms with Crippen LogP contribution in [0.25, 0.3) is 0 Å². The largest absolute Gasteiger partial charge is 0.356 e. The molecular weight excluding hydrogens is 348 g/mol. The third-order valence-corrected chi connectivity index (χ3v) is 4.72. The molecule has 0 unspecified atom stereocenters. The smallest absolute Gasteiger partial charge is 0.258 e. The van der Waals surface area contributed by atoms with Crippen LogP contribution in [-0.2, 0) is 4.79 Å². The molecule has 0 heterocycles. The second kappa shape index (κ2) is 12.7. The number of benzene rings is 2. The van der Waals surface area contributed by atoms with Gasteiger partial charge in [-0.2, -0.15) is 0 Å². The van der Waals surface area contributed by atoms with Gasteiger partial charge in [0, 0.05) is 30.8 Å². The number of anilines is 1. The molecule has 0 aliphatic heterocycles. The van der Waals surface area contributed by atoms with Crippen LogP contribution in [0.5, 0.6) is 0 Å². The number of nitrogens with zero attached hydrogens (tertiary/aromatic N) is 1. The SMILES string of the molecule is CCCCCCCC(=O)NCCCN(C(=O)c1ccccc1)c1ccccc1. The zero-order chi connectivity index (χ0) is 20.0. The molecule has 0 saturated carbocycles. The van der Waals surface area contributed by atoms with Gasteiger partial charge in [0.25, 0.3) is 5.91 Å².